The monoisotopic (exact) mass is 488 g/mol. The van der Waals surface area contributed by atoms with Crippen molar-refractivity contribution in [3.8, 4) is 0 Å². The molecule has 1 aliphatic heterocycles. The molecule has 1 aromatic rings. The Bertz CT molecular complexity index is 799. The zero-order valence-corrected chi connectivity index (χ0v) is 21.3. The number of carbonyl (C=O) groups excluding carboxylic acids is 2. The Morgan fingerprint density at radius 1 is 1.06 bits per heavy atom. The maximum Gasteiger partial charge on any atom is 0.318 e. The molecule has 1 heterocycles. The third-order valence-corrected chi connectivity index (χ3v) is 7.47. The van der Waals surface area contributed by atoms with Crippen molar-refractivity contribution in [3.05, 3.63) is 35.9 Å². The first-order valence-corrected chi connectivity index (χ1v) is 13.2. The summed E-state index contributed by atoms with van der Waals surface area (Å²) in [7, 11) is 0. The van der Waals surface area contributed by atoms with Crippen molar-refractivity contribution < 1.29 is 19.8 Å². The number of rotatable bonds is 9. The first-order chi connectivity index (χ1) is 16.6. The van der Waals surface area contributed by atoms with Crippen molar-refractivity contribution in [2.24, 2.45) is 11.7 Å². The number of urea groups is 1. The van der Waals surface area contributed by atoms with E-state index in [9.17, 15) is 19.8 Å². The van der Waals surface area contributed by atoms with E-state index in [0.29, 0.717) is 31.8 Å². The molecule has 6 N–H and O–H groups in total. The minimum Gasteiger partial charge on any atom is -0.388 e. The minimum absolute atomic E-state index is 0.103. The molecule has 35 heavy (non-hydrogen) atoms. The Kier molecular flexibility index (Phi) is 9.95. The highest BCUT2D eigenvalue weighted by molar-refractivity contribution is 5.87. The van der Waals surface area contributed by atoms with Gasteiger partial charge in [0.15, 0.2) is 0 Å². The maximum atomic E-state index is 13.5. The number of nitrogens with zero attached hydrogens (tertiary/aromatic N) is 1. The molecule has 196 valence electrons. The van der Waals surface area contributed by atoms with Crippen LogP contribution in [-0.2, 0) is 11.2 Å². The first kappa shape index (κ1) is 27.4. The predicted octanol–water partition coefficient (Wildman–Crippen LogP) is 2.32. The van der Waals surface area contributed by atoms with Gasteiger partial charge in [-0.2, -0.15) is 0 Å². The van der Waals surface area contributed by atoms with E-state index < -0.39 is 23.8 Å². The van der Waals surface area contributed by atoms with Gasteiger partial charge in [0, 0.05) is 25.6 Å². The molecule has 0 spiro atoms. The Morgan fingerprint density at radius 2 is 1.69 bits per heavy atom. The van der Waals surface area contributed by atoms with Gasteiger partial charge in [-0.1, -0.05) is 62.4 Å². The third-order valence-electron chi connectivity index (χ3n) is 7.47. The largest absolute Gasteiger partial charge is 0.388 e. The summed E-state index contributed by atoms with van der Waals surface area (Å²) in [6.07, 6.45) is 6.94. The smallest absolute Gasteiger partial charge is 0.318 e. The fourth-order valence-electron chi connectivity index (χ4n) is 5.23. The predicted molar refractivity (Wildman–Crippen MR) is 137 cm³/mol. The van der Waals surface area contributed by atoms with Crippen LogP contribution in [0.4, 0.5) is 4.79 Å². The molecular formula is C27H44N4O4. The summed E-state index contributed by atoms with van der Waals surface area (Å²) in [4.78, 5) is 28.3. The molecular weight excluding hydrogens is 444 g/mol. The van der Waals surface area contributed by atoms with E-state index in [1.807, 2.05) is 30.3 Å². The van der Waals surface area contributed by atoms with Crippen LogP contribution in [0.5, 0.6) is 0 Å². The van der Waals surface area contributed by atoms with E-state index in [1.165, 1.54) is 6.42 Å². The second-order valence-electron chi connectivity index (χ2n) is 11.0. The lowest BCUT2D eigenvalue weighted by Gasteiger charge is -2.36. The number of nitrogens with one attached hydrogen (secondary N) is 2. The van der Waals surface area contributed by atoms with E-state index in [0.717, 1.165) is 44.1 Å². The maximum absolute atomic E-state index is 13.5. The van der Waals surface area contributed by atoms with Crippen LogP contribution < -0.4 is 16.4 Å². The van der Waals surface area contributed by atoms with Crippen LogP contribution in [0.25, 0.3) is 0 Å². The van der Waals surface area contributed by atoms with Gasteiger partial charge in [0.1, 0.15) is 12.1 Å². The van der Waals surface area contributed by atoms with E-state index in [2.05, 4.69) is 10.6 Å². The molecule has 1 aliphatic carbocycles. The normalized spacial score (nSPS) is 20.7. The molecule has 1 aromatic carbocycles. The fraction of sp³-hybridized carbons (Fsp3) is 0.704. The Labute approximate surface area is 209 Å². The summed E-state index contributed by atoms with van der Waals surface area (Å²) >= 11 is 0. The molecule has 3 amide bonds. The van der Waals surface area contributed by atoms with E-state index in [-0.39, 0.29) is 18.0 Å². The van der Waals surface area contributed by atoms with Crippen LogP contribution in [0, 0.1) is 5.92 Å². The topological polar surface area (TPSA) is 128 Å². The van der Waals surface area contributed by atoms with Crippen molar-refractivity contribution >= 4 is 11.9 Å². The van der Waals surface area contributed by atoms with Gasteiger partial charge >= 0.3 is 6.03 Å². The van der Waals surface area contributed by atoms with Crippen molar-refractivity contribution in [3.63, 3.8) is 0 Å². The van der Waals surface area contributed by atoms with Crippen LogP contribution >= 0.6 is 0 Å². The highest BCUT2D eigenvalue weighted by atomic mass is 16.3. The van der Waals surface area contributed by atoms with Crippen molar-refractivity contribution in [1.82, 2.24) is 15.5 Å². The second kappa shape index (κ2) is 12.7. The summed E-state index contributed by atoms with van der Waals surface area (Å²) in [5.74, 6) is 0.0470. The summed E-state index contributed by atoms with van der Waals surface area (Å²) < 4.78 is 0. The number of hydrogen-bond acceptors (Lipinski definition) is 5. The highest BCUT2D eigenvalue weighted by Crippen LogP contribution is 2.29. The van der Waals surface area contributed by atoms with Crippen LogP contribution in [0.15, 0.2) is 30.3 Å². The van der Waals surface area contributed by atoms with Crippen LogP contribution in [0.3, 0.4) is 0 Å². The third kappa shape index (κ3) is 8.47. The lowest BCUT2D eigenvalue weighted by atomic mass is 9.81. The molecule has 3 rings (SSSR count). The van der Waals surface area contributed by atoms with Gasteiger partial charge in [-0.15, -0.1) is 0 Å². The summed E-state index contributed by atoms with van der Waals surface area (Å²) in [5, 5.41) is 27.4. The van der Waals surface area contributed by atoms with Crippen LogP contribution in [0.2, 0.25) is 0 Å². The molecule has 8 nitrogen and oxygen atoms in total. The van der Waals surface area contributed by atoms with Crippen molar-refractivity contribution in [2.75, 3.05) is 13.1 Å². The van der Waals surface area contributed by atoms with Crippen molar-refractivity contribution in [2.45, 2.75) is 101 Å². The molecule has 2 aliphatic rings. The molecule has 1 saturated heterocycles. The van der Waals surface area contributed by atoms with Gasteiger partial charge in [-0.25, -0.2) is 4.79 Å². The standard InChI is InChI=1S/C27H44N4O4/c1-27(2,35)24(32)22(17-19-9-5-3-6-10-19)29-25(33)23(18-20-11-7-4-8-12-20)30-26(34)31-15-13-21(28)14-16-31/h4,7-8,11-12,19,21-24,32,35H,3,5-6,9-10,13-18,28H2,1-2H3,(H,29,33)(H,30,34)/t22-,23-,24-/m0/s1. The zero-order chi connectivity index (χ0) is 25.4. The van der Waals surface area contributed by atoms with Gasteiger partial charge < -0.3 is 31.5 Å². The van der Waals surface area contributed by atoms with E-state index >= 15 is 0 Å². The van der Waals surface area contributed by atoms with Crippen LogP contribution in [-0.4, -0.2) is 70.0 Å². The second-order valence-corrected chi connectivity index (χ2v) is 11.0. The van der Waals surface area contributed by atoms with Gasteiger partial charge in [0.25, 0.3) is 0 Å². The highest BCUT2D eigenvalue weighted by Gasteiger charge is 2.36. The molecule has 8 heteroatoms. The summed E-state index contributed by atoms with van der Waals surface area (Å²) in [6.45, 7) is 4.24. The average Bonchev–Trinajstić information content (AvgIpc) is 2.83. The van der Waals surface area contributed by atoms with Gasteiger partial charge in [-0.05, 0) is 44.6 Å². The number of nitrogens with two attached hydrogens (primary N) is 1. The van der Waals surface area contributed by atoms with Crippen molar-refractivity contribution in [1.29, 1.82) is 0 Å². The number of carbonyl (C=O) groups is 2. The van der Waals surface area contributed by atoms with E-state index in [1.54, 1.807) is 18.7 Å². The number of hydrogen-bond donors (Lipinski definition) is 5. The molecule has 0 radical (unpaired) electrons. The number of piperidine rings is 1. The SMILES string of the molecule is CC(C)(O)[C@@H](O)[C@H](CC1CCCCC1)NC(=O)[C@H](Cc1ccccc1)NC(=O)N1CCC(N)CC1. The molecule has 3 atom stereocenters. The van der Waals surface area contributed by atoms with Gasteiger partial charge in [-0.3, -0.25) is 4.79 Å². The van der Waals surface area contributed by atoms with Gasteiger partial charge in [0.2, 0.25) is 5.91 Å². The van der Waals surface area contributed by atoms with Crippen LogP contribution in [0.1, 0.15) is 70.8 Å². The van der Waals surface area contributed by atoms with Gasteiger partial charge in [0.05, 0.1) is 11.6 Å². The Morgan fingerprint density at radius 3 is 2.29 bits per heavy atom. The quantitative estimate of drug-likeness (QED) is 0.364. The number of amides is 3. The minimum atomic E-state index is -1.36. The molecule has 0 bridgehead atoms. The molecule has 0 unspecified atom stereocenters. The molecule has 0 aromatic heterocycles. The Hall–Kier alpha value is -2.16. The molecule has 1 saturated carbocycles. The number of likely N-dealkylation sites (tertiary alicyclic amines) is 1. The van der Waals surface area contributed by atoms with E-state index in [4.69, 9.17) is 5.73 Å². The average molecular weight is 489 g/mol. The summed E-state index contributed by atoms with van der Waals surface area (Å²) in [6, 6.07) is 8.00. The zero-order valence-electron chi connectivity index (χ0n) is 21.3. The number of aliphatic hydroxyl groups is 2. The number of aliphatic hydroxyl groups excluding tert-OH is 1. The first-order valence-electron chi connectivity index (χ1n) is 13.2. The summed E-state index contributed by atoms with van der Waals surface area (Å²) in [5.41, 5.74) is 5.54. The molecule has 2 fully saturated rings. The lowest BCUT2D eigenvalue weighted by Crippen LogP contribution is -2.59. The Balaban J connectivity index is 1.74. The lowest BCUT2D eigenvalue weighted by molar-refractivity contribution is -0.127. The number of benzene rings is 1. The fourth-order valence-corrected chi connectivity index (χ4v) is 5.23.